The maximum Gasteiger partial charge on any atom is 0.235 e. The van der Waals surface area contributed by atoms with Crippen LogP contribution in [0.2, 0.25) is 0 Å². The molecule has 1 aromatic carbocycles. The van der Waals surface area contributed by atoms with Crippen LogP contribution in [0.3, 0.4) is 0 Å². The predicted molar refractivity (Wildman–Crippen MR) is 64.7 cm³/mol. The zero-order chi connectivity index (χ0) is 12.3. The highest BCUT2D eigenvalue weighted by Crippen LogP contribution is 2.32. The van der Waals surface area contributed by atoms with Crippen LogP contribution in [0.4, 0.5) is 0 Å². The average molecular weight is 256 g/mol. The first-order valence-corrected chi connectivity index (χ1v) is 5.99. The maximum atomic E-state index is 11.2. The zero-order valence-corrected chi connectivity index (χ0v) is 10.3. The van der Waals surface area contributed by atoms with E-state index in [9.17, 15) is 4.79 Å². The third kappa shape index (κ3) is 2.82. The highest BCUT2D eigenvalue weighted by atomic mass is 35.5. The van der Waals surface area contributed by atoms with E-state index in [1.165, 1.54) is 0 Å². The van der Waals surface area contributed by atoms with E-state index in [-0.39, 0.29) is 17.8 Å². The molecule has 0 fully saturated rings. The molecule has 1 heterocycles. The van der Waals surface area contributed by atoms with Crippen molar-refractivity contribution in [2.45, 2.75) is 13.0 Å². The van der Waals surface area contributed by atoms with Gasteiger partial charge in [0.25, 0.3) is 0 Å². The van der Waals surface area contributed by atoms with Gasteiger partial charge in [-0.3, -0.25) is 4.79 Å². The molecule has 0 unspecified atom stereocenters. The van der Waals surface area contributed by atoms with Crippen molar-refractivity contribution in [3.8, 4) is 11.5 Å². The van der Waals surface area contributed by atoms with Crippen LogP contribution < -0.4 is 14.8 Å². The van der Waals surface area contributed by atoms with E-state index in [4.69, 9.17) is 21.1 Å². The Morgan fingerprint density at radius 1 is 1.41 bits per heavy atom. The number of fused-ring (bicyclic) bond motifs is 1. The number of carbonyl (C=O) groups is 1. The molecule has 0 aliphatic carbocycles. The number of benzene rings is 1. The molecule has 0 spiro atoms. The van der Waals surface area contributed by atoms with E-state index < -0.39 is 0 Å². The first kappa shape index (κ1) is 12.0. The Labute approximate surface area is 105 Å². The molecule has 17 heavy (non-hydrogen) atoms. The summed E-state index contributed by atoms with van der Waals surface area (Å²) in [4.78, 5) is 11.2. The van der Waals surface area contributed by atoms with Gasteiger partial charge in [0.2, 0.25) is 5.91 Å². The Bertz CT molecular complexity index is 422. The minimum absolute atomic E-state index is 0.0328. The van der Waals surface area contributed by atoms with Crippen molar-refractivity contribution in [1.82, 2.24) is 5.32 Å². The molecule has 4 nitrogen and oxygen atoms in total. The fourth-order valence-electron chi connectivity index (χ4n) is 1.69. The molecule has 1 aliphatic heterocycles. The maximum absolute atomic E-state index is 11.2. The molecule has 2 rings (SSSR count). The molecule has 1 atom stereocenters. The summed E-state index contributed by atoms with van der Waals surface area (Å²) in [6, 6.07) is 5.55. The van der Waals surface area contributed by atoms with Gasteiger partial charge in [0.1, 0.15) is 19.1 Å². The summed E-state index contributed by atoms with van der Waals surface area (Å²) in [6.07, 6.45) is 0. The number of hydrogen-bond donors (Lipinski definition) is 1. The summed E-state index contributed by atoms with van der Waals surface area (Å²) in [7, 11) is 0. The van der Waals surface area contributed by atoms with Gasteiger partial charge >= 0.3 is 0 Å². The molecule has 1 N–H and O–H groups in total. The number of nitrogens with one attached hydrogen (secondary N) is 1. The summed E-state index contributed by atoms with van der Waals surface area (Å²) < 4.78 is 10.9. The molecule has 0 aromatic heterocycles. The molecule has 0 bridgehead atoms. The van der Waals surface area contributed by atoms with Crippen LogP contribution in [0.15, 0.2) is 18.2 Å². The van der Waals surface area contributed by atoms with Crippen LogP contribution in [0, 0.1) is 0 Å². The average Bonchev–Trinajstić information content (AvgIpc) is 2.38. The molecular formula is C12H14ClNO3. The fourth-order valence-corrected chi connectivity index (χ4v) is 1.77. The Morgan fingerprint density at radius 2 is 2.12 bits per heavy atom. The lowest BCUT2D eigenvalue weighted by molar-refractivity contribution is -0.119. The van der Waals surface area contributed by atoms with Crippen molar-refractivity contribution < 1.29 is 14.3 Å². The van der Waals surface area contributed by atoms with Crippen LogP contribution >= 0.6 is 11.6 Å². The van der Waals surface area contributed by atoms with Crippen molar-refractivity contribution in [3.05, 3.63) is 23.8 Å². The molecule has 1 aromatic rings. The SMILES string of the molecule is C[C@@H](NC(=O)CCl)c1ccc2c(c1)OCCO2. The van der Waals surface area contributed by atoms with Crippen LogP contribution in [0.25, 0.3) is 0 Å². The second-order valence-corrected chi connectivity index (χ2v) is 4.09. The summed E-state index contributed by atoms with van der Waals surface area (Å²) in [5.74, 6) is 1.25. The molecule has 1 aliphatic rings. The van der Waals surface area contributed by atoms with E-state index in [0.29, 0.717) is 13.2 Å². The zero-order valence-electron chi connectivity index (χ0n) is 9.53. The molecule has 0 saturated carbocycles. The topological polar surface area (TPSA) is 47.6 Å². The summed E-state index contributed by atoms with van der Waals surface area (Å²) in [5.41, 5.74) is 0.965. The van der Waals surface area contributed by atoms with Gasteiger partial charge in [0, 0.05) is 0 Å². The standard InChI is InChI=1S/C12H14ClNO3/c1-8(14-12(15)7-13)9-2-3-10-11(6-9)17-5-4-16-10/h2-3,6,8H,4-5,7H2,1H3,(H,14,15)/t8-/m1/s1. The smallest absolute Gasteiger partial charge is 0.235 e. The van der Waals surface area contributed by atoms with Crippen LogP contribution in [-0.2, 0) is 4.79 Å². The third-order valence-corrected chi connectivity index (χ3v) is 2.81. The van der Waals surface area contributed by atoms with Crippen LogP contribution in [-0.4, -0.2) is 25.0 Å². The molecule has 5 heteroatoms. The van der Waals surface area contributed by atoms with Crippen molar-refractivity contribution in [2.24, 2.45) is 0 Å². The first-order chi connectivity index (χ1) is 8.20. The number of halogens is 1. The van der Waals surface area contributed by atoms with Gasteiger partial charge in [0.15, 0.2) is 11.5 Å². The monoisotopic (exact) mass is 255 g/mol. The summed E-state index contributed by atoms with van der Waals surface area (Å²) in [5, 5.41) is 2.79. The van der Waals surface area contributed by atoms with E-state index in [1.54, 1.807) is 0 Å². The second kappa shape index (κ2) is 5.27. The molecular weight excluding hydrogens is 242 g/mol. The van der Waals surface area contributed by atoms with Gasteiger partial charge in [-0.15, -0.1) is 11.6 Å². The number of ether oxygens (including phenoxy) is 2. The Hall–Kier alpha value is -1.42. The van der Waals surface area contributed by atoms with Crippen molar-refractivity contribution >= 4 is 17.5 Å². The van der Waals surface area contributed by atoms with Crippen molar-refractivity contribution in [3.63, 3.8) is 0 Å². The minimum atomic E-state index is -0.186. The molecule has 92 valence electrons. The minimum Gasteiger partial charge on any atom is -0.486 e. The number of rotatable bonds is 3. The third-order valence-electron chi connectivity index (χ3n) is 2.57. The van der Waals surface area contributed by atoms with Crippen LogP contribution in [0.1, 0.15) is 18.5 Å². The van der Waals surface area contributed by atoms with Crippen molar-refractivity contribution in [1.29, 1.82) is 0 Å². The lowest BCUT2D eigenvalue weighted by Gasteiger charge is -2.20. The van der Waals surface area contributed by atoms with Gasteiger partial charge in [-0.1, -0.05) is 6.07 Å². The predicted octanol–water partition coefficient (Wildman–Crippen LogP) is 1.87. The van der Waals surface area contributed by atoms with Crippen molar-refractivity contribution in [2.75, 3.05) is 19.1 Å². The highest BCUT2D eigenvalue weighted by molar-refractivity contribution is 6.27. The normalized spacial score (nSPS) is 15.2. The number of alkyl halides is 1. The Kier molecular flexibility index (Phi) is 3.74. The van der Waals surface area contributed by atoms with E-state index in [2.05, 4.69) is 5.32 Å². The molecule has 0 radical (unpaired) electrons. The largest absolute Gasteiger partial charge is 0.486 e. The van der Waals surface area contributed by atoms with Gasteiger partial charge in [-0.05, 0) is 24.6 Å². The molecule has 0 saturated heterocycles. The van der Waals surface area contributed by atoms with E-state index in [0.717, 1.165) is 17.1 Å². The summed E-state index contributed by atoms with van der Waals surface area (Å²) in [6.45, 7) is 3.03. The highest BCUT2D eigenvalue weighted by Gasteiger charge is 2.15. The molecule has 1 amide bonds. The Balaban J connectivity index is 2.13. The quantitative estimate of drug-likeness (QED) is 0.839. The number of carbonyl (C=O) groups excluding carboxylic acids is 1. The van der Waals surface area contributed by atoms with Crippen LogP contribution in [0.5, 0.6) is 11.5 Å². The lowest BCUT2D eigenvalue weighted by atomic mass is 10.1. The van der Waals surface area contributed by atoms with Gasteiger partial charge in [-0.25, -0.2) is 0 Å². The Morgan fingerprint density at radius 3 is 2.82 bits per heavy atom. The summed E-state index contributed by atoms with van der Waals surface area (Å²) >= 11 is 5.44. The second-order valence-electron chi connectivity index (χ2n) is 3.83. The number of hydrogen-bond acceptors (Lipinski definition) is 3. The first-order valence-electron chi connectivity index (χ1n) is 5.45. The number of amides is 1. The lowest BCUT2D eigenvalue weighted by Crippen LogP contribution is -2.27. The van der Waals surface area contributed by atoms with Gasteiger partial charge in [-0.2, -0.15) is 0 Å². The fraction of sp³-hybridized carbons (Fsp3) is 0.417. The van der Waals surface area contributed by atoms with Gasteiger partial charge < -0.3 is 14.8 Å². The van der Waals surface area contributed by atoms with Gasteiger partial charge in [0.05, 0.1) is 6.04 Å². The van der Waals surface area contributed by atoms with E-state index in [1.807, 2.05) is 25.1 Å². The van der Waals surface area contributed by atoms with E-state index >= 15 is 0 Å².